The minimum Gasteiger partial charge on any atom is -0.378 e. The summed E-state index contributed by atoms with van der Waals surface area (Å²) in [5.74, 6) is 0.408. The van der Waals surface area contributed by atoms with Gasteiger partial charge in [-0.1, -0.05) is 36.4 Å². The SMILES string of the molecule is CC(=O)C(=NNc1cccc2ccccc12)N1CCOCC1. The number of anilines is 1. The van der Waals surface area contributed by atoms with Gasteiger partial charge in [0.05, 0.1) is 18.9 Å². The number of fused-ring (bicyclic) bond motifs is 1. The number of Topliss-reactive ketones (excluding diaryl/α,β-unsaturated/α-hetero) is 1. The van der Waals surface area contributed by atoms with E-state index >= 15 is 0 Å². The fraction of sp³-hybridized carbons (Fsp3) is 0.294. The molecular formula is C17H19N3O2. The zero-order chi connectivity index (χ0) is 15.4. The van der Waals surface area contributed by atoms with Gasteiger partial charge in [0.2, 0.25) is 0 Å². The molecule has 0 bridgehead atoms. The average Bonchev–Trinajstić information content (AvgIpc) is 2.56. The van der Waals surface area contributed by atoms with Gasteiger partial charge < -0.3 is 9.64 Å². The van der Waals surface area contributed by atoms with Crippen LogP contribution in [0.15, 0.2) is 47.6 Å². The smallest absolute Gasteiger partial charge is 0.196 e. The van der Waals surface area contributed by atoms with Crippen molar-refractivity contribution in [3.63, 3.8) is 0 Å². The molecule has 1 aliphatic heterocycles. The molecule has 0 aromatic heterocycles. The minimum absolute atomic E-state index is 0.0466. The van der Waals surface area contributed by atoms with Crippen LogP contribution < -0.4 is 5.43 Å². The maximum atomic E-state index is 11.9. The van der Waals surface area contributed by atoms with Crippen LogP contribution in [0, 0.1) is 0 Å². The highest BCUT2D eigenvalue weighted by molar-refractivity contribution is 6.38. The number of ether oxygens (including phenoxy) is 1. The number of nitrogens with zero attached hydrogens (tertiary/aromatic N) is 2. The van der Waals surface area contributed by atoms with E-state index in [4.69, 9.17) is 4.74 Å². The van der Waals surface area contributed by atoms with Gasteiger partial charge in [-0.3, -0.25) is 10.2 Å². The van der Waals surface area contributed by atoms with Gasteiger partial charge in [0.25, 0.3) is 0 Å². The number of hydrogen-bond donors (Lipinski definition) is 1. The molecule has 0 aliphatic carbocycles. The first kappa shape index (κ1) is 14.5. The fourth-order valence-corrected chi connectivity index (χ4v) is 2.58. The molecule has 3 rings (SSSR count). The first-order valence-corrected chi connectivity index (χ1v) is 7.41. The number of ketones is 1. The van der Waals surface area contributed by atoms with Crippen LogP contribution in [0.4, 0.5) is 5.69 Å². The Bertz CT molecular complexity index is 701. The predicted molar refractivity (Wildman–Crippen MR) is 88.1 cm³/mol. The summed E-state index contributed by atoms with van der Waals surface area (Å²) in [6.07, 6.45) is 0. The van der Waals surface area contributed by atoms with E-state index in [1.54, 1.807) is 6.92 Å². The summed E-state index contributed by atoms with van der Waals surface area (Å²) in [6, 6.07) is 14.1. The number of amidine groups is 1. The van der Waals surface area contributed by atoms with E-state index < -0.39 is 0 Å². The lowest BCUT2D eigenvalue weighted by molar-refractivity contribution is -0.112. The summed E-state index contributed by atoms with van der Waals surface area (Å²) in [4.78, 5) is 13.8. The second-order valence-corrected chi connectivity index (χ2v) is 5.23. The third-order valence-electron chi connectivity index (χ3n) is 3.70. The zero-order valence-corrected chi connectivity index (χ0v) is 12.6. The van der Waals surface area contributed by atoms with Crippen LogP contribution in [0.3, 0.4) is 0 Å². The Kier molecular flexibility index (Phi) is 4.34. The normalized spacial score (nSPS) is 15.9. The third-order valence-corrected chi connectivity index (χ3v) is 3.70. The maximum absolute atomic E-state index is 11.9. The van der Waals surface area contributed by atoms with Gasteiger partial charge >= 0.3 is 0 Å². The van der Waals surface area contributed by atoms with Crippen molar-refractivity contribution in [1.29, 1.82) is 0 Å². The summed E-state index contributed by atoms with van der Waals surface area (Å²) >= 11 is 0. The molecule has 2 aromatic carbocycles. The van der Waals surface area contributed by atoms with Crippen LogP contribution in [-0.2, 0) is 9.53 Å². The summed E-state index contributed by atoms with van der Waals surface area (Å²) in [5.41, 5.74) is 3.94. The summed E-state index contributed by atoms with van der Waals surface area (Å²) < 4.78 is 5.32. The van der Waals surface area contributed by atoms with Crippen molar-refractivity contribution in [2.75, 3.05) is 31.7 Å². The number of benzene rings is 2. The molecule has 0 atom stereocenters. The molecule has 1 saturated heterocycles. The third kappa shape index (κ3) is 3.09. The zero-order valence-electron chi connectivity index (χ0n) is 12.6. The summed E-state index contributed by atoms with van der Waals surface area (Å²) in [5, 5.41) is 6.57. The molecule has 1 fully saturated rings. The number of carbonyl (C=O) groups excluding carboxylic acids is 1. The van der Waals surface area contributed by atoms with Gasteiger partial charge in [-0.25, -0.2) is 0 Å². The molecule has 0 radical (unpaired) electrons. The van der Waals surface area contributed by atoms with Gasteiger partial charge in [0.15, 0.2) is 11.6 Å². The Morgan fingerprint density at radius 2 is 1.86 bits per heavy atom. The molecule has 1 N–H and O–H groups in total. The first-order chi connectivity index (χ1) is 10.8. The van der Waals surface area contributed by atoms with E-state index in [0.717, 1.165) is 16.5 Å². The average molecular weight is 297 g/mol. The molecule has 22 heavy (non-hydrogen) atoms. The maximum Gasteiger partial charge on any atom is 0.196 e. The molecule has 5 nitrogen and oxygen atoms in total. The first-order valence-electron chi connectivity index (χ1n) is 7.41. The number of carbonyl (C=O) groups is 1. The van der Waals surface area contributed by atoms with Crippen LogP contribution in [0.2, 0.25) is 0 Å². The highest BCUT2D eigenvalue weighted by atomic mass is 16.5. The van der Waals surface area contributed by atoms with Crippen LogP contribution in [-0.4, -0.2) is 42.8 Å². The Labute approximate surface area is 129 Å². The van der Waals surface area contributed by atoms with E-state index in [1.165, 1.54) is 0 Å². The largest absolute Gasteiger partial charge is 0.378 e. The van der Waals surface area contributed by atoms with Crippen LogP contribution >= 0.6 is 0 Å². The number of rotatable bonds is 3. The molecule has 5 heteroatoms. The lowest BCUT2D eigenvalue weighted by Crippen LogP contribution is -2.44. The van der Waals surface area contributed by atoms with Crippen LogP contribution in [0.25, 0.3) is 10.8 Å². The fourth-order valence-electron chi connectivity index (χ4n) is 2.58. The standard InChI is InChI=1S/C17H19N3O2/c1-13(21)17(20-9-11-22-12-10-20)19-18-16-8-4-6-14-5-2-3-7-15(14)16/h2-8,18H,9-12H2,1H3. The van der Waals surface area contributed by atoms with Crippen molar-refractivity contribution in [2.45, 2.75) is 6.92 Å². The van der Waals surface area contributed by atoms with E-state index in [1.807, 2.05) is 35.2 Å². The van der Waals surface area contributed by atoms with Gasteiger partial charge in [0, 0.05) is 25.4 Å². The molecule has 0 amide bonds. The van der Waals surface area contributed by atoms with Crippen molar-refractivity contribution in [3.8, 4) is 0 Å². The molecule has 0 saturated carbocycles. The summed E-state index contributed by atoms with van der Waals surface area (Å²) in [6.45, 7) is 4.17. The molecule has 1 aliphatic rings. The Balaban J connectivity index is 1.87. The molecule has 0 unspecified atom stereocenters. The topological polar surface area (TPSA) is 53.9 Å². The molecular weight excluding hydrogens is 278 g/mol. The second kappa shape index (κ2) is 6.58. The molecule has 0 spiro atoms. The van der Waals surface area contributed by atoms with Gasteiger partial charge in [-0.2, -0.15) is 5.10 Å². The Morgan fingerprint density at radius 1 is 1.14 bits per heavy atom. The lowest BCUT2D eigenvalue weighted by Gasteiger charge is -2.28. The van der Waals surface area contributed by atoms with Crippen LogP contribution in [0.5, 0.6) is 0 Å². The van der Waals surface area contributed by atoms with Crippen molar-refractivity contribution < 1.29 is 9.53 Å². The van der Waals surface area contributed by atoms with Gasteiger partial charge in [0.1, 0.15) is 0 Å². The van der Waals surface area contributed by atoms with Crippen molar-refractivity contribution in [2.24, 2.45) is 5.10 Å². The number of morpholine rings is 1. The highest BCUT2D eigenvalue weighted by Gasteiger charge is 2.18. The van der Waals surface area contributed by atoms with Crippen molar-refractivity contribution in [1.82, 2.24) is 4.90 Å². The monoisotopic (exact) mass is 297 g/mol. The highest BCUT2D eigenvalue weighted by Crippen LogP contribution is 2.22. The lowest BCUT2D eigenvalue weighted by atomic mass is 10.1. The minimum atomic E-state index is -0.0466. The van der Waals surface area contributed by atoms with E-state index in [9.17, 15) is 4.79 Å². The summed E-state index contributed by atoms with van der Waals surface area (Å²) in [7, 11) is 0. The quantitative estimate of drug-likeness (QED) is 0.537. The van der Waals surface area contributed by atoms with Gasteiger partial charge in [-0.05, 0) is 11.5 Å². The predicted octanol–water partition coefficient (Wildman–Crippen LogP) is 2.49. The van der Waals surface area contributed by atoms with E-state index in [2.05, 4.69) is 22.7 Å². The Hall–Kier alpha value is -2.40. The Morgan fingerprint density at radius 3 is 2.64 bits per heavy atom. The van der Waals surface area contributed by atoms with E-state index in [0.29, 0.717) is 32.1 Å². The number of nitrogens with one attached hydrogen (secondary N) is 1. The molecule has 1 heterocycles. The van der Waals surface area contributed by atoms with Crippen molar-refractivity contribution >= 4 is 28.1 Å². The number of hydrazone groups is 1. The van der Waals surface area contributed by atoms with Crippen LogP contribution in [0.1, 0.15) is 6.92 Å². The second-order valence-electron chi connectivity index (χ2n) is 5.23. The van der Waals surface area contributed by atoms with E-state index in [-0.39, 0.29) is 5.78 Å². The van der Waals surface area contributed by atoms with Crippen molar-refractivity contribution in [3.05, 3.63) is 42.5 Å². The molecule has 114 valence electrons. The number of hydrogen-bond acceptors (Lipinski definition) is 4. The van der Waals surface area contributed by atoms with Gasteiger partial charge in [-0.15, -0.1) is 0 Å². The molecule has 2 aromatic rings.